The van der Waals surface area contributed by atoms with Crippen molar-refractivity contribution in [3.8, 4) is 0 Å². The van der Waals surface area contributed by atoms with E-state index in [-0.39, 0.29) is 0 Å². The number of aryl methyl sites for hydroxylation is 1. The van der Waals surface area contributed by atoms with Crippen molar-refractivity contribution in [3.63, 3.8) is 0 Å². The van der Waals surface area contributed by atoms with Crippen LogP contribution in [0.3, 0.4) is 0 Å². The van der Waals surface area contributed by atoms with Crippen LogP contribution >= 0.6 is 0 Å². The highest BCUT2D eigenvalue weighted by atomic mass is 16.5. The van der Waals surface area contributed by atoms with Gasteiger partial charge in [-0.2, -0.15) is 4.98 Å². The largest absolute Gasteiger partial charge is 0.339 e. The van der Waals surface area contributed by atoms with Crippen LogP contribution in [-0.4, -0.2) is 47.3 Å². The number of piperazine rings is 1. The van der Waals surface area contributed by atoms with Crippen LogP contribution in [0, 0.1) is 12.8 Å². The lowest BCUT2D eigenvalue weighted by Gasteiger charge is -2.34. The average Bonchev–Trinajstić information content (AvgIpc) is 2.72. The van der Waals surface area contributed by atoms with E-state index in [1.807, 2.05) is 6.92 Å². The summed E-state index contributed by atoms with van der Waals surface area (Å²) < 4.78 is 5.14. The van der Waals surface area contributed by atoms with Crippen LogP contribution in [0.25, 0.3) is 0 Å². The molecule has 18 heavy (non-hydrogen) atoms. The lowest BCUT2D eigenvalue weighted by Crippen LogP contribution is -2.51. The van der Waals surface area contributed by atoms with Crippen molar-refractivity contribution < 1.29 is 4.52 Å². The maximum atomic E-state index is 5.14. The molecule has 0 aromatic carbocycles. The van der Waals surface area contributed by atoms with E-state index in [1.165, 1.54) is 6.42 Å². The summed E-state index contributed by atoms with van der Waals surface area (Å²) in [6.07, 6.45) is 2.10. The number of hydrogen-bond acceptors (Lipinski definition) is 5. The molecule has 0 amide bonds. The zero-order valence-corrected chi connectivity index (χ0v) is 11.6. The van der Waals surface area contributed by atoms with Gasteiger partial charge in [-0.1, -0.05) is 19.0 Å². The van der Waals surface area contributed by atoms with Crippen molar-refractivity contribution in [2.45, 2.75) is 39.7 Å². The van der Waals surface area contributed by atoms with E-state index in [2.05, 4.69) is 34.2 Å². The molecule has 1 unspecified atom stereocenters. The van der Waals surface area contributed by atoms with Crippen molar-refractivity contribution in [2.75, 3.05) is 26.2 Å². The number of hydrogen-bond donors (Lipinski definition) is 1. The molecule has 1 aromatic heterocycles. The van der Waals surface area contributed by atoms with Crippen molar-refractivity contribution in [1.29, 1.82) is 0 Å². The van der Waals surface area contributed by atoms with Gasteiger partial charge in [0.1, 0.15) is 0 Å². The van der Waals surface area contributed by atoms with Crippen molar-refractivity contribution >= 4 is 0 Å². The lowest BCUT2D eigenvalue weighted by atomic mass is 10.0. The van der Waals surface area contributed by atoms with Gasteiger partial charge in [-0.15, -0.1) is 0 Å². The molecule has 0 radical (unpaired) electrons. The van der Waals surface area contributed by atoms with E-state index < -0.39 is 0 Å². The summed E-state index contributed by atoms with van der Waals surface area (Å²) in [6.45, 7) is 10.8. The van der Waals surface area contributed by atoms with Gasteiger partial charge in [0.15, 0.2) is 5.82 Å². The minimum atomic E-state index is 0.628. The fourth-order valence-electron chi connectivity index (χ4n) is 2.52. The molecule has 1 aliphatic heterocycles. The van der Waals surface area contributed by atoms with E-state index >= 15 is 0 Å². The molecule has 5 nitrogen and oxygen atoms in total. The Labute approximate surface area is 109 Å². The van der Waals surface area contributed by atoms with Gasteiger partial charge < -0.3 is 14.7 Å². The molecule has 1 aromatic rings. The van der Waals surface area contributed by atoms with Crippen LogP contribution in [0.2, 0.25) is 0 Å². The number of rotatable bonds is 5. The third-order valence-electron chi connectivity index (χ3n) is 3.31. The van der Waals surface area contributed by atoms with Crippen molar-refractivity contribution in [3.05, 3.63) is 11.7 Å². The molecule has 0 spiro atoms. The molecule has 2 rings (SSSR count). The SMILES string of the molecule is Cc1noc(CCN2CCNC(CC(C)C)C2)n1. The minimum Gasteiger partial charge on any atom is -0.339 e. The number of nitrogens with zero attached hydrogens (tertiary/aromatic N) is 3. The molecule has 0 saturated carbocycles. The van der Waals surface area contributed by atoms with Crippen LogP contribution in [0.4, 0.5) is 0 Å². The van der Waals surface area contributed by atoms with Gasteiger partial charge in [0.05, 0.1) is 0 Å². The molecular formula is C13H24N4O. The molecule has 0 bridgehead atoms. The molecule has 1 saturated heterocycles. The molecule has 1 N–H and O–H groups in total. The third kappa shape index (κ3) is 4.07. The number of nitrogens with one attached hydrogen (secondary N) is 1. The van der Waals surface area contributed by atoms with Gasteiger partial charge in [-0.3, -0.25) is 0 Å². The lowest BCUT2D eigenvalue weighted by molar-refractivity contribution is 0.183. The highest BCUT2D eigenvalue weighted by Crippen LogP contribution is 2.10. The highest BCUT2D eigenvalue weighted by Gasteiger charge is 2.20. The maximum Gasteiger partial charge on any atom is 0.227 e. The smallest absolute Gasteiger partial charge is 0.227 e. The topological polar surface area (TPSA) is 54.2 Å². The van der Waals surface area contributed by atoms with Gasteiger partial charge >= 0.3 is 0 Å². The molecule has 0 aliphatic carbocycles. The summed E-state index contributed by atoms with van der Waals surface area (Å²) >= 11 is 0. The Morgan fingerprint density at radius 2 is 2.33 bits per heavy atom. The van der Waals surface area contributed by atoms with Crippen molar-refractivity contribution in [1.82, 2.24) is 20.4 Å². The Morgan fingerprint density at radius 1 is 1.50 bits per heavy atom. The Balaban J connectivity index is 1.75. The van der Waals surface area contributed by atoms with Gasteiger partial charge in [0, 0.05) is 38.6 Å². The predicted molar refractivity (Wildman–Crippen MR) is 70.4 cm³/mol. The summed E-state index contributed by atoms with van der Waals surface area (Å²) in [4.78, 5) is 6.73. The molecule has 102 valence electrons. The van der Waals surface area contributed by atoms with Crippen LogP contribution < -0.4 is 5.32 Å². The van der Waals surface area contributed by atoms with E-state index in [4.69, 9.17) is 4.52 Å². The van der Waals surface area contributed by atoms with Crippen LogP contribution in [0.5, 0.6) is 0 Å². The van der Waals surface area contributed by atoms with E-state index in [0.717, 1.165) is 50.2 Å². The summed E-state index contributed by atoms with van der Waals surface area (Å²) in [5.41, 5.74) is 0. The normalized spacial score (nSPS) is 21.7. The first kappa shape index (κ1) is 13.5. The monoisotopic (exact) mass is 252 g/mol. The van der Waals surface area contributed by atoms with Crippen LogP contribution in [-0.2, 0) is 6.42 Å². The first-order chi connectivity index (χ1) is 8.63. The summed E-state index contributed by atoms with van der Waals surface area (Å²) in [7, 11) is 0. The van der Waals surface area contributed by atoms with Gasteiger partial charge in [-0.05, 0) is 19.3 Å². The first-order valence-electron chi connectivity index (χ1n) is 6.88. The summed E-state index contributed by atoms with van der Waals surface area (Å²) in [5.74, 6) is 2.23. The molecule has 2 heterocycles. The quantitative estimate of drug-likeness (QED) is 0.854. The minimum absolute atomic E-state index is 0.628. The maximum absolute atomic E-state index is 5.14. The Morgan fingerprint density at radius 3 is 3.00 bits per heavy atom. The Bertz CT molecular complexity index is 364. The average molecular weight is 252 g/mol. The second kappa shape index (κ2) is 6.29. The summed E-state index contributed by atoms with van der Waals surface area (Å²) in [6, 6.07) is 0.628. The number of aromatic nitrogens is 2. The zero-order valence-electron chi connectivity index (χ0n) is 11.6. The second-order valence-electron chi connectivity index (χ2n) is 5.57. The molecule has 5 heteroatoms. The van der Waals surface area contributed by atoms with Crippen LogP contribution in [0.1, 0.15) is 32.0 Å². The zero-order chi connectivity index (χ0) is 13.0. The van der Waals surface area contributed by atoms with Gasteiger partial charge in [0.2, 0.25) is 5.89 Å². The summed E-state index contributed by atoms with van der Waals surface area (Å²) in [5, 5.41) is 7.41. The van der Waals surface area contributed by atoms with E-state index in [9.17, 15) is 0 Å². The van der Waals surface area contributed by atoms with Crippen molar-refractivity contribution in [2.24, 2.45) is 5.92 Å². The van der Waals surface area contributed by atoms with Gasteiger partial charge in [0.25, 0.3) is 0 Å². The Kier molecular flexibility index (Phi) is 4.72. The standard InChI is InChI=1S/C13H24N4O/c1-10(2)8-12-9-17(7-5-14-12)6-4-13-15-11(3)16-18-13/h10,12,14H,4-9H2,1-3H3. The molecule has 1 fully saturated rings. The third-order valence-corrected chi connectivity index (χ3v) is 3.31. The van der Waals surface area contributed by atoms with Gasteiger partial charge in [-0.25, -0.2) is 0 Å². The van der Waals surface area contributed by atoms with E-state index in [0.29, 0.717) is 6.04 Å². The molecule has 1 atom stereocenters. The second-order valence-corrected chi connectivity index (χ2v) is 5.57. The fraction of sp³-hybridized carbons (Fsp3) is 0.846. The first-order valence-corrected chi connectivity index (χ1v) is 6.88. The van der Waals surface area contributed by atoms with Crippen LogP contribution in [0.15, 0.2) is 4.52 Å². The predicted octanol–water partition coefficient (Wildman–Crippen LogP) is 1.24. The molecule has 1 aliphatic rings. The Hall–Kier alpha value is -0.940. The fourth-order valence-corrected chi connectivity index (χ4v) is 2.52. The highest BCUT2D eigenvalue weighted by molar-refractivity contribution is 4.86. The van der Waals surface area contributed by atoms with E-state index in [1.54, 1.807) is 0 Å². The molecular weight excluding hydrogens is 228 g/mol.